The van der Waals surface area contributed by atoms with Gasteiger partial charge in [0, 0.05) is 0 Å². The highest BCUT2D eigenvalue weighted by atomic mass is 19.4. The molecule has 0 aliphatic heterocycles. The molecule has 0 fully saturated rings. The molecule has 1 unspecified atom stereocenters. The van der Waals surface area contributed by atoms with Crippen LogP contribution in [-0.2, 0) is 19.3 Å². The summed E-state index contributed by atoms with van der Waals surface area (Å²) >= 11 is 0. The Labute approximate surface area is 190 Å². The van der Waals surface area contributed by atoms with Crippen molar-refractivity contribution in [3.63, 3.8) is 0 Å². The number of aryl methyl sites for hydroxylation is 1. The van der Waals surface area contributed by atoms with Gasteiger partial charge in [0.15, 0.2) is 0 Å². The van der Waals surface area contributed by atoms with Crippen molar-refractivity contribution in [1.82, 2.24) is 0 Å². The Morgan fingerprint density at radius 1 is 0.970 bits per heavy atom. The van der Waals surface area contributed by atoms with Crippen LogP contribution in [0.2, 0.25) is 0 Å². The molecule has 0 radical (unpaired) electrons. The first-order valence-electron chi connectivity index (χ1n) is 11.2. The predicted octanol–water partition coefficient (Wildman–Crippen LogP) is 8.15. The molecule has 1 nitrogen and oxygen atoms in total. The second kappa shape index (κ2) is 9.54. The van der Waals surface area contributed by atoms with Gasteiger partial charge in [0.2, 0.25) is 0 Å². The lowest BCUT2D eigenvalue weighted by Gasteiger charge is -2.26. The Morgan fingerprint density at radius 3 is 2.30 bits per heavy atom. The summed E-state index contributed by atoms with van der Waals surface area (Å²) in [5, 5.41) is 0. The van der Waals surface area contributed by atoms with Crippen molar-refractivity contribution < 1.29 is 26.7 Å². The molecule has 3 aromatic rings. The molecular formula is C27H25F5O. The van der Waals surface area contributed by atoms with E-state index in [-0.39, 0.29) is 17.0 Å². The van der Waals surface area contributed by atoms with E-state index in [2.05, 4.69) is 35.9 Å². The number of alkyl halides is 3. The number of fused-ring (bicyclic) bond motifs is 1. The van der Waals surface area contributed by atoms with E-state index in [1.165, 1.54) is 29.3 Å². The van der Waals surface area contributed by atoms with Crippen LogP contribution in [-0.4, -0.2) is 6.36 Å². The summed E-state index contributed by atoms with van der Waals surface area (Å²) in [7, 11) is 0. The zero-order chi connectivity index (χ0) is 23.6. The Morgan fingerprint density at radius 2 is 1.67 bits per heavy atom. The molecule has 6 heteroatoms. The fraction of sp³-hybridized carbons (Fsp3) is 0.333. The summed E-state index contributed by atoms with van der Waals surface area (Å²) in [4.78, 5) is 0. The molecule has 0 amide bonds. The summed E-state index contributed by atoms with van der Waals surface area (Å²) in [5.41, 5.74) is 3.56. The van der Waals surface area contributed by atoms with Crippen LogP contribution in [0, 0.1) is 11.6 Å². The van der Waals surface area contributed by atoms with Crippen LogP contribution in [0.15, 0.2) is 54.6 Å². The minimum Gasteiger partial charge on any atom is -0.406 e. The molecule has 1 aliphatic rings. The number of unbranched alkanes of at least 4 members (excludes halogenated alkanes) is 1. The number of hydrogen-bond donors (Lipinski definition) is 0. The normalized spacial score (nSPS) is 15.9. The van der Waals surface area contributed by atoms with Gasteiger partial charge < -0.3 is 4.74 Å². The lowest BCUT2D eigenvalue weighted by Crippen LogP contribution is -2.17. The van der Waals surface area contributed by atoms with E-state index < -0.39 is 23.7 Å². The van der Waals surface area contributed by atoms with Gasteiger partial charge in [-0.25, -0.2) is 8.78 Å². The summed E-state index contributed by atoms with van der Waals surface area (Å²) in [6.07, 6.45) is 0.299. The molecule has 0 aromatic heterocycles. The fourth-order valence-corrected chi connectivity index (χ4v) is 4.56. The van der Waals surface area contributed by atoms with Gasteiger partial charge in [0.05, 0.1) is 5.56 Å². The van der Waals surface area contributed by atoms with Gasteiger partial charge in [0.1, 0.15) is 17.4 Å². The standard InChI is InChI=1S/C27H25F5O/c1-2-3-4-17-5-7-18(8-6-17)20-11-14-23-21(15-20)16-24(28)25(26(23)29)19-9-12-22(13-10-19)33-27(30,31)32/h5-10,12-13,16,20H,2-4,11,14-15H2,1H3. The average Bonchev–Trinajstić information content (AvgIpc) is 2.78. The van der Waals surface area contributed by atoms with E-state index in [4.69, 9.17) is 0 Å². The second-order valence-electron chi connectivity index (χ2n) is 8.54. The first kappa shape index (κ1) is 23.3. The summed E-state index contributed by atoms with van der Waals surface area (Å²) in [6, 6.07) is 14.5. The van der Waals surface area contributed by atoms with Crippen LogP contribution < -0.4 is 4.74 Å². The number of ether oxygens (including phenoxy) is 1. The zero-order valence-corrected chi connectivity index (χ0v) is 18.3. The van der Waals surface area contributed by atoms with Crippen molar-refractivity contribution in [2.75, 3.05) is 0 Å². The van der Waals surface area contributed by atoms with Gasteiger partial charge >= 0.3 is 6.36 Å². The minimum atomic E-state index is -4.82. The molecule has 1 atom stereocenters. The molecule has 0 saturated carbocycles. The molecular weight excluding hydrogens is 435 g/mol. The Balaban J connectivity index is 1.55. The predicted molar refractivity (Wildman–Crippen MR) is 118 cm³/mol. The van der Waals surface area contributed by atoms with Crippen molar-refractivity contribution in [3.8, 4) is 16.9 Å². The fourth-order valence-electron chi connectivity index (χ4n) is 4.56. The molecule has 0 N–H and O–H groups in total. The maximum absolute atomic E-state index is 15.3. The zero-order valence-electron chi connectivity index (χ0n) is 18.3. The highest BCUT2D eigenvalue weighted by Crippen LogP contribution is 2.39. The maximum atomic E-state index is 15.3. The molecule has 1 aliphatic carbocycles. The van der Waals surface area contributed by atoms with Crippen LogP contribution in [0.3, 0.4) is 0 Å². The molecule has 0 saturated heterocycles. The molecule has 0 bridgehead atoms. The van der Waals surface area contributed by atoms with E-state index in [0.29, 0.717) is 24.0 Å². The van der Waals surface area contributed by atoms with Crippen LogP contribution in [0.25, 0.3) is 11.1 Å². The maximum Gasteiger partial charge on any atom is 0.573 e. The monoisotopic (exact) mass is 460 g/mol. The van der Waals surface area contributed by atoms with Crippen molar-refractivity contribution in [3.05, 3.63) is 88.5 Å². The molecule has 0 spiro atoms. The van der Waals surface area contributed by atoms with Crippen LogP contribution in [0.5, 0.6) is 5.75 Å². The van der Waals surface area contributed by atoms with Crippen molar-refractivity contribution in [1.29, 1.82) is 0 Å². The molecule has 0 heterocycles. The summed E-state index contributed by atoms with van der Waals surface area (Å²) < 4.78 is 71.2. The SMILES string of the molecule is CCCCc1ccc(C2CCc3c(cc(F)c(-c4ccc(OC(F)(F)F)cc4)c3F)C2)cc1. The molecule has 4 rings (SSSR count). The van der Waals surface area contributed by atoms with Crippen LogP contribution >= 0.6 is 0 Å². The van der Waals surface area contributed by atoms with E-state index in [1.54, 1.807) is 0 Å². The number of halogens is 5. The van der Waals surface area contributed by atoms with Gasteiger partial charge in [-0.3, -0.25) is 0 Å². The lowest BCUT2D eigenvalue weighted by molar-refractivity contribution is -0.274. The largest absolute Gasteiger partial charge is 0.573 e. The van der Waals surface area contributed by atoms with Crippen molar-refractivity contribution in [2.24, 2.45) is 0 Å². The first-order chi connectivity index (χ1) is 15.7. The third-order valence-corrected chi connectivity index (χ3v) is 6.27. The molecule has 174 valence electrons. The quantitative estimate of drug-likeness (QED) is 0.337. The minimum absolute atomic E-state index is 0.173. The van der Waals surface area contributed by atoms with Gasteiger partial charge in [-0.15, -0.1) is 13.2 Å². The molecule has 3 aromatic carbocycles. The Bertz CT molecular complexity index is 1100. The number of hydrogen-bond acceptors (Lipinski definition) is 1. The van der Waals surface area contributed by atoms with Crippen molar-refractivity contribution >= 4 is 0 Å². The topological polar surface area (TPSA) is 9.23 Å². The first-order valence-corrected chi connectivity index (χ1v) is 11.2. The van der Waals surface area contributed by atoms with Crippen LogP contribution in [0.4, 0.5) is 22.0 Å². The van der Waals surface area contributed by atoms with Gasteiger partial charge in [-0.05, 0) is 84.0 Å². The highest BCUT2D eigenvalue weighted by molar-refractivity contribution is 5.67. The average molecular weight is 460 g/mol. The third kappa shape index (κ3) is 5.37. The lowest BCUT2D eigenvalue weighted by atomic mass is 9.78. The van der Waals surface area contributed by atoms with Gasteiger partial charge in [-0.1, -0.05) is 49.7 Å². The van der Waals surface area contributed by atoms with Gasteiger partial charge in [0.25, 0.3) is 0 Å². The number of rotatable bonds is 6. The second-order valence-corrected chi connectivity index (χ2v) is 8.54. The van der Waals surface area contributed by atoms with E-state index >= 15 is 4.39 Å². The van der Waals surface area contributed by atoms with Crippen molar-refractivity contribution in [2.45, 2.75) is 57.7 Å². The summed E-state index contributed by atoms with van der Waals surface area (Å²) in [5.74, 6) is -1.59. The Kier molecular flexibility index (Phi) is 6.73. The van der Waals surface area contributed by atoms with Gasteiger partial charge in [-0.2, -0.15) is 0 Å². The summed E-state index contributed by atoms with van der Waals surface area (Å²) in [6.45, 7) is 2.16. The molecule has 33 heavy (non-hydrogen) atoms. The number of benzene rings is 3. The third-order valence-electron chi connectivity index (χ3n) is 6.27. The smallest absolute Gasteiger partial charge is 0.406 e. The highest BCUT2D eigenvalue weighted by Gasteiger charge is 2.31. The Hall–Kier alpha value is -2.89. The van der Waals surface area contributed by atoms with E-state index in [1.807, 2.05) is 0 Å². The van der Waals surface area contributed by atoms with E-state index in [0.717, 1.165) is 37.8 Å². The van der Waals surface area contributed by atoms with E-state index in [9.17, 15) is 17.6 Å². The van der Waals surface area contributed by atoms with Crippen LogP contribution in [0.1, 0.15) is 54.4 Å².